The molecule has 2 aromatic carbocycles. The van der Waals surface area contributed by atoms with Crippen molar-refractivity contribution in [2.45, 2.75) is 18.8 Å². The Kier molecular flexibility index (Phi) is 2.60. The summed E-state index contributed by atoms with van der Waals surface area (Å²) in [5.41, 5.74) is 4.51. The van der Waals surface area contributed by atoms with Crippen molar-refractivity contribution < 1.29 is 4.39 Å². The average molecular weight is 237 g/mol. The van der Waals surface area contributed by atoms with E-state index in [9.17, 15) is 4.39 Å². The van der Waals surface area contributed by atoms with Gasteiger partial charge in [0.2, 0.25) is 0 Å². The Morgan fingerprint density at radius 3 is 2.72 bits per heavy atom. The molecule has 0 spiro atoms. The first-order chi connectivity index (χ1) is 8.79. The molecule has 0 saturated carbocycles. The summed E-state index contributed by atoms with van der Waals surface area (Å²) in [7, 11) is 0. The monoisotopic (exact) mass is 237 g/mol. The summed E-state index contributed by atoms with van der Waals surface area (Å²) in [6.07, 6.45) is 1.22. The van der Waals surface area contributed by atoms with Crippen LogP contribution in [0, 0.1) is 17.1 Å². The minimum Gasteiger partial charge on any atom is -0.207 e. The largest absolute Gasteiger partial charge is 0.207 e. The van der Waals surface area contributed by atoms with E-state index in [1.807, 2.05) is 24.3 Å². The maximum absolute atomic E-state index is 13.4. The average Bonchev–Trinajstić information content (AvgIpc) is 2.39. The van der Waals surface area contributed by atoms with Crippen LogP contribution in [0.25, 0.3) is 0 Å². The zero-order chi connectivity index (χ0) is 12.5. The standard InChI is InChI=1S/C16H12FN/c17-13-6-5-12-9-11-3-1-2-4-14(11)15(7-8-18)16(12)10-13/h1-6,10,15H,7,9H2/t15-/m1/s1. The molecule has 0 unspecified atom stereocenters. The topological polar surface area (TPSA) is 23.8 Å². The molecule has 0 fully saturated rings. The molecule has 0 radical (unpaired) electrons. The van der Waals surface area contributed by atoms with E-state index in [4.69, 9.17) is 5.26 Å². The summed E-state index contributed by atoms with van der Waals surface area (Å²) in [6, 6.07) is 15.3. The molecule has 0 saturated heterocycles. The molecule has 0 bridgehead atoms. The first kappa shape index (κ1) is 11.0. The predicted molar refractivity (Wildman–Crippen MR) is 67.7 cm³/mol. The van der Waals surface area contributed by atoms with Crippen molar-refractivity contribution >= 4 is 0 Å². The van der Waals surface area contributed by atoms with Crippen molar-refractivity contribution in [2.24, 2.45) is 0 Å². The van der Waals surface area contributed by atoms with Crippen LogP contribution < -0.4 is 0 Å². The van der Waals surface area contributed by atoms with E-state index in [1.165, 1.54) is 11.6 Å². The Labute approximate surface area is 106 Å². The van der Waals surface area contributed by atoms with Crippen molar-refractivity contribution in [1.29, 1.82) is 5.26 Å². The van der Waals surface area contributed by atoms with Crippen LogP contribution in [0.4, 0.5) is 4.39 Å². The summed E-state index contributed by atoms with van der Waals surface area (Å²) in [4.78, 5) is 0. The third kappa shape index (κ3) is 1.69. The van der Waals surface area contributed by atoms with Gasteiger partial charge in [-0.15, -0.1) is 0 Å². The number of rotatable bonds is 1. The maximum Gasteiger partial charge on any atom is 0.123 e. The summed E-state index contributed by atoms with van der Waals surface area (Å²) in [5, 5.41) is 9.00. The van der Waals surface area contributed by atoms with Crippen LogP contribution in [0.15, 0.2) is 42.5 Å². The number of fused-ring (bicyclic) bond motifs is 2. The molecule has 1 aliphatic rings. The quantitative estimate of drug-likeness (QED) is 0.740. The van der Waals surface area contributed by atoms with Gasteiger partial charge in [0.05, 0.1) is 6.07 Å². The molecule has 2 aromatic rings. The van der Waals surface area contributed by atoms with Gasteiger partial charge in [-0.2, -0.15) is 5.26 Å². The number of halogens is 1. The number of benzene rings is 2. The van der Waals surface area contributed by atoms with Gasteiger partial charge in [-0.25, -0.2) is 4.39 Å². The molecular formula is C16H12FN. The van der Waals surface area contributed by atoms with Gasteiger partial charge in [-0.1, -0.05) is 30.3 Å². The Morgan fingerprint density at radius 2 is 1.89 bits per heavy atom. The highest BCUT2D eigenvalue weighted by Gasteiger charge is 2.25. The first-order valence-corrected chi connectivity index (χ1v) is 6.02. The Morgan fingerprint density at radius 1 is 1.11 bits per heavy atom. The molecule has 0 N–H and O–H groups in total. The van der Waals surface area contributed by atoms with Crippen LogP contribution in [-0.2, 0) is 6.42 Å². The third-order valence-electron chi connectivity index (χ3n) is 3.59. The van der Waals surface area contributed by atoms with Gasteiger partial charge in [0.15, 0.2) is 0 Å². The lowest BCUT2D eigenvalue weighted by Crippen LogP contribution is -2.13. The lowest BCUT2D eigenvalue weighted by atomic mass is 9.77. The molecule has 88 valence electrons. The second kappa shape index (κ2) is 4.27. The van der Waals surface area contributed by atoms with E-state index < -0.39 is 0 Å². The van der Waals surface area contributed by atoms with Crippen LogP contribution in [0.2, 0.25) is 0 Å². The van der Waals surface area contributed by atoms with Crippen LogP contribution in [0.1, 0.15) is 34.6 Å². The molecule has 0 aromatic heterocycles. The van der Waals surface area contributed by atoms with Crippen molar-refractivity contribution in [2.75, 3.05) is 0 Å². The lowest BCUT2D eigenvalue weighted by Gasteiger charge is -2.27. The minimum absolute atomic E-state index is 0.00523. The Bertz CT molecular complexity index is 640. The van der Waals surface area contributed by atoms with Crippen LogP contribution in [0.3, 0.4) is 0 Å². The van der Waals surface area contributed by atoms with Crippen LogP contribution in [-0.4, -0.2) is 0 Å². The van der Waals surface area contributed by atoms with Crippen molar-refractivity contribution in [3.63, 3.8) is 0 Å². The van der Waals surface area contributed by atoms with Gasteiger partial charge in [-0.05, 0) is 40.8 Å². The summed E-state index contributed by atoms with van der Waals surface area (Å²) >= 11 is 0. The van der Waals surface area contributed by atoms with E-state index in [0.717, 1.165) is 23.1 Å². The molecule has 0 amide bonds. The fourth-order valence-corrected chi connectivity index (χ4v) is 2.77. The molecule has 1 nitrogen and oxygen atoms in total. The normalized spacial score (nSPS) is 16.6. The molecule has 0 heterocycles. The minimum atomic E-state index is -0.226. The third-order valence-corrected chi connectivity index (χ3v) is 3.59. The van der Waals surface area contributed by atoms with Gasteiger partial charge in [0.1, 0.15) is 5.82 Å². The molecule has 1 aliphatic carbocycles. The fraction of sp³-hybridized carbons (Fsp3) is 0.188. The fourth-order valence-electron chi connectivity index (χ4n) is 2.77. The molecule has 1 atom stereocenters. The van der Waals surface area contributed by atoms with Crippen molar-refractivity contribution in [1.82, 2.24) is 0 Å². The molecule has 18 heavy (non-hydrogen) atoms. The van der Waals surface area contributed by atoms with Gasteiger partial charge >= 0.3 is 0 Å². The Balaban J connectivity index is 2.18. The molecule has 2 heteroatoms. The maximum atomic E-state index is 13.4. The Hall–Kier alpha value is -2.14. The van der Waals surface area contributed by atoms with E-state index in [2.05, 4.69) is 12.1 Å². The van der Waals surface area contributed by atoms with Crippen LogP contribution >= 0.6 is 0 Å². The van der Waals surface area contributed by atoms with Gasteiger partial charge < -0.3 is 0 Å². The van der Waals surface area contributed by atoms with Gasteiger partial charge in [0, 0.05) is 12.3 Å². The second-order valence-electron chi connectivity index (χ2n) is 4.63. The van der Waals surface area contributed by atoms with Gasteiger partial charge in [-0.3, -0.25) is 0 Å². The number of hydrogen-bond donors (Lipinski definition) is 0. The smallest absolute Gasteiger partial charge is 0.123 e. The predicted octanol–water partition coefficient (Wildman–Crippen LogP) is 3.78. The van der Waals surface area contributed by atoms with Crippen LogP contribution in [0.5, 0.6) is 0 Å². The van der Waals surface area contributed by atoms with Gasteiger partial charge in [0.25, 0.3) is 0 Å². The van der Waals surface area contributed by atoms with Crippen molar-refractivity contribution in [3.05, 3.63) is 70.5 Å². The first-order valence-electron chi connectivity index (χ1n) is 6.02. The molecule has 0 aliphatic heterocycles. The summed E-state index contributed by atoms with van der Waals surface area (Å²) in [6.45, 7) is 0. The van der Waals surface area contributed by atoms with E-state index in [-0.39, 0.29) is 11.7 Å². The highest BCUT2D eigenvalue weighted by molar-refractivity contribution is 5.49. The summed E-state index contributed by atoms with van der Waals surface area (Å²) in [5.74, 6) is -0.221. The van der Waals surface area contributed by atoms with E-state index in [0.29, 0.717) is 6.42 Å². The SMILES string of the molecule is N#CC[C@@H]1c2ccccc2Cc2ccc(F)cc21. The number of nitriles is 1. The zero-order valence-corrected chi connectivity index (χ0v) is 9.86. The lowest BCUT2D eigenvalue weighted by molar-refractivity contribution is 0.620. The molecule has 3 rings (SSSR count). The zero-order valence-electron chi connectivity index (χ0n) is 9.86. The number of hydrogen-bond acceptors (Lipinski definition) is 1. The van der Waals surface area contributed by atoms with E-state index in [1.54, 1.807) is 6.07 Å². The highest BCUT2D eigenvalue weighted by atomic mass is 19.1. The molecular weight excluding hydrogens is 225 g/mol. The second-order valence-corrected chi connectivity index (χ2v) is 4.63. The summed E-state index contributed by atoms with van der Waals surface area (Å²) < 4.78 is 13.4. The van der Waals surface area contributed by atoms with E-state index >= 15 is 0 Å². The van der Waals surface area contributed by atoms with Crippen molar-refractivity contribution in [3.8, 4) is 6.07 Å². The number of nitrogens with zero attached hydrogens (tertiary/aromatic N) is 1. The highest BCUT2D eigenvalue weighted by Crippen LogP contribution is 2.38.